The first-order valence-electron chi connectivity index (χ1n) is 11.2. The molecule has 1 saturated carbocycles. The molecule has 1 heterocycles. The molecule has 0 aliphatic heterocycles. The van der Waals surface area contributed by atoms with E-state index in [9.17, 15) is 4.79 Å². The number of esters is 1. The van der Waals surface area contributed by atoms with E-state index in [1.54, 1.807) is 36.4 Å². The summed E-state index contributed by atoms with van der Waals surface area (Å²) in [4.78, 5) is 17.3. The minimum absolute atomic E-state index is 0.137. The summed E-state index contributed by atoms with van der Waals surface area (Å²) in [5.74, 6) is 0.0277. The third kappa shape index (κ3) is 5.45. The van der Waals surface area contributed by atoms with E-state index in [1.807, 2.05) is 0 Å². The number of rotatable bonds is 5. The number of nitrogens with zero attached hydrogens (tertiary/aromatic N) is 1. The van der Waals surface area contributed by atoms with Crippen molar-refractivity contribution >= 4 is 48.6 Å². The summed E-state index contributed by atoms with van der Waals surface area (Å²) in [6.45, 7) is 11.2. The highest BCUT2D eigenvalue weighted by Crippen LogP contribution is 2.40. The molecule has 4 rings (SSSR count). The standard InChI is InChI=1S/C25H29Cl2NO4Si/c1-25(2,3)33(4,5)32-20-8-7-19(14-20)30-24(29)15-6-9-21-22(12-15)31-23(28-21)16-10-17(26)13-18(27)11-16/h6,9-13,19-20H,7-8,14H2,1-5H3/t19-,20-/m1/s1. The summed E-state index contributed by atoms with van der Waals surface area (Å²) >= 11 is 12.2. The monoisotopic (exact) mass is 505 g/mol. The number of aromatic nitrogens is 1. The summed E-state index contributed by atoms with van der Waals surface area (Å²) < 4.78 is 18.2. The van der Waals surface area contributed by atoms with Crippen molar-refractivity contribution in [1.29, 1.82) is 0 Å². The molecule has 0 radical (unpaired) electrons. The van der Waals surface area contributed by atoms with Crippen LogP contribution >= 0.6 is 23.2 Å². The Balaban J connectivity index is 1.43. The molecule has 0 saturated heterocycles. The molecule has 0 N–H and O–H groups in total. The second-order valence-electron chi connectivity index (χ2n) is 10.2. The van der Waals surface area contributed by atoms with Gasteiger partial charge in [0, 0.05) is 28.1 Å². The van der Waals surface area contributed by atoms with Gasteiger partial charge in [0.15, 0.2) is 13.9 Å². The van der Waals surface area contributed by atoms with Crippen molar-refractivity contribution in [2.75, 3.05) is 0 Å². The number of carbonyl (C=O) groups excluding carboxylic acids is 1. The van der Waals surface area contributed by atoms with Crippen LogP contribution in [0.4, 0.5) is 0 Å². The minimum Gasteiger partial charge on any atom is -0.459 e. The largest absolute Gasteiger partial charge is 0.459 e. The Kier molecular flexibility index (Phi) is 6.66. The summed E-state index contributed by atoms with van der Waals surface area (Å²) in [6, 6.07) is 10.2. The van der Waals surface area contributed by atoms with E-state index >= 15 is 0 Å². The lowest BCUT2D eigenvalue weighted by Gasteiger charge is -2.38. The SMILES string of the molecule is CC(C)(C)[Si](C)(C)O[C@@H]1CC[C@@H](OC(=O)c2ccc3nc(-c4cc(Cl)cc(Cl)c4)oc3c2)C1. The molecule has 1 aromatic heterocycles. The summed E-state index contributed by atoms with van der Waals surface area (Å²) in [5.41, 5.74) is 2.25. The van der Waals surface area contributed by atoms with Crippen LogP contribution in [-0.2, 0) is 9.16 Å². The van der Waals surface area contributed by atoms with Crippen molar-refractivity contribution in [2.45, 2.75) is 70.4 Å². The summed E-state index contributed by atoms with van der Waals surface area (Å²) in [5, 5.41) is 1.15. The molecule has 0 bridgehead atoms. The van der Waals surface area contributed by atoms with Gasteiger partial charge in [0.05, 0.1) is 5.56 Å². The normalized spacial score (nSPS) is 19.2. The average Bonchev–Trinajstić information content (AvgIpc) is 3.32. The van der Waals surface area contributed by atoms with Crippen LogP contribution in [-0.4, -0.2) is 31.5 Å². The molecule has 176 valence electrons. The molecule has 1 fully saturated rings. The van der Waals surface area contributed by atoms with Gasteiger partial charge in [-0.25, -0.2) is 9.78 Å². The second-order valence-corrected chi connectivity index (χ2v) is 15.8. The molecule has 0 unspecified atom stereocenters. The predicted octanol–water partition coefficient (Wildman–Crippen LogP) is 7.90. The van der Waals surface area contributed by atoms with Crippen molar-refractivity contribution in [3.05, 3.63) is 52.0 Å². The molecule has 5 nitrogen and oxygen atoms in total. The van der Waals surface area contributed by atoms with Crippen LogP contribution in [0.2, 0.25) is 28.2 Å². The van der Waals surface area contributed by atoms with E-state index in [1.165, 1.54) is 0 Å². The van der Waals surface area contributed by atoms with Crippen LogP contribution in [0.3, 0.4) is 0 Å². The molecule has 33 heavy (non-hydrogen) atoms. The number of hydrogen-bond donors (Lipinski definition) is 0. The van der Waals surface area contributed by atoms with Crippen LogP contribution in [0.15, 0.2) is 40.8 Å². The highest BCUT2D eigenvalue weighted by molar-refractivity contribution is 6.74. The quantitative estimate of drug-likeness (QED) is 0.260. The van der Waals surface area contributed by atoms with Gasteiger partial charge in [0.25, 0.3) is 0 Å². The third-order valence-corrected chi connectivity index (χ3v) is 11.6. The van der Waals surface area contributed by atoms with E-state index < -0.39 is 8.32 Å². The maximum absolute atomic E-state index is 12.8. The van der Waals surface area contributed by atoms with Gasteiger partial charge < -0.3 is 13.6 Å². The second kappa shape index (κ2) is 9.06. The number of ether oxygens (including phenoxy) is 1. The average molecular weight is 507 g/mol. The van der Waals surface area contributed by atoms with Crippen LogP contribution in [0.25, 0.3) is 22.6 Å². The Hall–Kier alpha value is -1.86. The lowest BCUT2D eigenvalue weighted by Crippen LogP contribution is -2.43. The Morgan fingerprint density at radius 3 is 2.39 bits per heavy atom. The van der Waals surface area contributed by atoms with Gasteiger partial charge in [-0.2, -0.15) is 0 Å². The first kappa shape index (κ1) is 24.3. The van der Waals surface area contributed by atoms with Crippen molar-refractivity contribution in [3.8, 4) is 11.5 Å². The van der Waals surface area contributed by atoms with Gasteiger partial charge in [-0.05, 0) is 67.4 Å². The minimum atomic E-state index is -1.84. The number of halogens is 2. The zero-order chi connectivity index (χ0) is 24.0. The molecule has 8 heteroatoms. The summed E-state index contributed by atoms with van der Waals surface area (Å²) in [6.07, 6.45) is 2.48. The molecule has 3 aromatic rings. The van der Waals surface area contributed by atoms with Gasteiger partial charge in [-0.1, -0.05) is 44.0 Å². The van der Waals surface area contributed by atoms with Crippen molar-refractivity contribution in [1.82, 2.24) is 4.98 Å². The maximum Gasteiger partial charge on any atom is 0.338 e. The van der Waals surface area contributed by atoms with E-state index in [4.69, 9.17) is 36.8 Å². The molecule has 1 aliphatic carbocycles. The van der Waals surface area contributed by atoms with Crippen LogP contribution in [0.1, 0.15) is 50.4 Å². The Labute approximate surface area is 205 Å². The van der Waals surface area contributed by atoms with Gasteiger partial charge in [-0.3, -0.25) is 0 Å². The Morgan fingerprint density at radius 2 is 1.73 bits per heavy atom. The van der Waals surface area contributed by atoms with Crippen LogP contribution < -0.4 is 0 Å². The van der Waals surface area contributed by atoms with E-state index in [-0.39, 0.29) is 23.2 Å². The third-order valence-electron chi connectivity index (χ3n) is 6.61. The molecule has 2 aromatic carbocycles. The molecular formula is C25H29Cl2NO4Si. The van der Waals surface area contributed by atoms with Crippen molar-refractivity contribution in [2.24, 2.45) is 0 Å². The maximum atomic E-state index is 12.8. The highest BCUT2D eigenvalue weighted by atomic mass is 35.5. The number of carbonyl (C=O) groups is 1. The van der Waals surface area contributed by atoms with E-state index in [2.05, 4.69) is 38.8 Å². The highest BCUT2D eigenvalue weighted by Gasteiger charge is 2.41. The topological polar surface area (TPSA) is 61.6 Å². The fourth-order valence-electron chi connectivity index (χ4n) is 3.78. The molecule has 0 amide bonds. The molecule has 2 atom stereocenters. The molecule has 0 spiro atoms. The van der Waals surface area contributed by atoms with Gasteiger partial charge >= 0.3 is 5.97 Å². The van der Waals surface area contributed by atoms with Crippen LogP contribution in [0, 0.1) is 0 Å². The first-order chi connectivity index (χ1) is 15.4. The van der Waals surface area contributed by atoms with Gasteiger partial charge in [0.1, 0.15) is 11.6 Å². The number of oxazole rings is 1. The Morgan fingerprint density at radius 1 is 1.06 bits per heavy atom. The molecular weight excluding hydrogens is 477 g/mol. The number of benzene rings is 2. The zero-order valence-corrected chi connectivity index (χ0v) is 22.1. The Bertz CT molecular complexity index is 1160. The zero-order valence-electron chi connectivity index (χ0n) is 19.6. The van der Waals surface area contributed by atoms with E-state index in [0.29, 0.717) is 38.2 Å². The number of hydrogen-bond acceptors (Lipinski definition) is 5. The lowest BCUT2D eigenvalue weighted by molar-refractivity contribution is 0.0290. The summed E-state index contributed by atoms with van der Waals surface area (Å²) in [7, 11) is -1.84. The fourth-order valence-corrected chi connectivity index (χ4v) is 5.71. The van der Waals surface area contributed by atoms with Crippen molar-refractivity contribution in [3.63, 3.8) is 0 Å². The lowest BCUT2D eigenvalue weighted by atomic mass is 10.2. The van der Waals surface area contributed by atoms with Crippen molar-refractivity contribution < 1.29 is 18.4 Å². The predicted molar refractivity (Wildman–Crippen MR) is 135 cm³/mol. The smallest absolute Gasteiger partial charge is 0.338 e. The molecule has 1 aliphatic rings. The van der Waals surface area contributed by atoms with Gasteiger partial charge in [0.2, 0.25) is 5.89 Å². The first-order valence-corrected chi connectivity index (χ1v) is 14.8. The van der Waals surface area contributed by atoms with E-state index in [0.717, 1.165) is 19.3 Å². The number of fused-ring (bicyclic) bond motifs is 1. The van der Waals surface area contributed by atoms with Crippen LogP contribution in [0.5, 0.6) is 0 Å². The fraction of sp³-hybridized carbons (Fsp3) is 0.440. The van der Waals surface area contributed by atoms with Gasteiger partial charge in [-0.15, -0.1) is 0 Å².